The summed E-state index contributed by atoms with van der Waals surface area (Å²) < 4.78 is 26.7. The minimum absolute atomic E-state index is 0. The standard InChI is InChI=1S/K.Na.H2O3S2/c;;1-5(2,3)4/h;;(H2,1,2,3,4)/q2*+1;/p-2. The fraction of sp³-hybridized carbons (Fsp3) is 0. The maximum atomic E-state index is 8.89. The molecule has 0 spiro atoms. The van der Waals surface area contributed by atoms with Crippen LogP contribution >= 0.6 is 0 Å². The largest absolute Gasteiger partial charge is 1.00 e. The summed E-state index contributed by atoms with van der Waals surface area (Å²) in [5.41, 5.74) is 0. The molecule has 0 heterocycles. The first-order chi connectivity index (χ1) is 2.00. The van der Waals surface area contributed by atoms with Crippen LogP contribution in [0.1, 0.15) is 0 Å². The van der Waals surface area contributed by atoms with Crippen molar-refractivity contribution in [3.63, 3.8) is 0 Å². The molecule has 7 heteroatoms. The molecule has 0 rings (SSSR count). The molecular formula is KNaO3S2. The van der Waals surface area contributed by atoms with E-state index in [1.807, 2.05) is 0 Å². The van der Waals surface area contributed by atoms with E-state index in [0.29, 0.717) is 0 Å². The van der Waals surface area contributed by atoms with Crippen LogP contribution in [0.2, 0.25) is 0 Å². The van der Waals surface area contributed by atoms with Gasteiger partial charge in [0.25, 0.3) is 0 Å². The summed E-state index contributed by atoms with van der Waals surface area (Å²) in [5, 5.41) is 0. The zero-order valence-corrected chi connectivity index (χ0v) is 10.8. The monoisotopic (exact) mass is 174 g/mol. The van der Waals surface area contributed by atoms with Crippen molar-refractivity contribution in [2.24, 2.45) is 0 Å². The average Bonchev–Trinajstić information content (AvgIpc) is 0.722. The van der Waals surface area contributed by atoms with Gasteiger partial charge in [-0.2, -0.15) is 0 Å². The first-order valence-electron chi connectivity index (χ1n) is 0.667. The Bertz CT molecular complexity index is 96.1. The van der Waals surface area contributed by atoms with E-state index in [9.17, 15) is 0 Å². The molecule has 0 aromatic heterocycles. The molecule has 0 N–H and O–H groups in total. The van der Waals surface area contributed by atoms with Crippen molar-refractivity contribution in [3.8, 4) is 0 Å². The molecule has 0 aromatic carbocycles. The van der Waals surface area contributed by atoms with Gasteiger partial charge in [0.1, 0.15) is 0 Å². The zero-order valence-electron chi connectivity index (χ0n) is 4.04. The molecule has 0 saturated carbocycles. The summed E-state index contributed by atoms with van der Waals surface area (Å²) in [7, 11) is -4.33. The zero-order chi connectivity index (χ0) is 4.50. The van der Waals surface area contributed by atoms with Crippen molar-refractivity contribution < 1.29 is 93.9 Å². The smallest absolute Gasteiger partial charge is 0.768 e. The fourth-order valence-corrected chi connectivity index (χ4v) is 0. The van der Waals surface area contributed by atoms with Gasteiger partial charge >= 0.3 is 80.9 Å². The van der Waals surface area contributed by atoms with Crippen molar-refractivity contribution in [2.75, 3.05) is 0 Å². The molecule has 0 bridgehead atoms. The van der Waals surface area contributed by atoms with Gasteiger partial charge in [0.2, 0.25) is 0 Å². The quantitative estimate of drug-likeness (QED) is 0.158. The summed E-state index contributed by atoms with van der Waals surface area (Å²) in [4.78, 5) is 0. The maximum absolute atomic E-state index is 8.89. The number of hydrogen-bond acceptors (Lipinski definition) is 4. The molecule has 0 fully saturated rings. The van der Waals surface area contributed by atoms with Crippen LogP contribution in [-0.2, 0) is 20.8 Å². The second-order valence-electron chi connectivity index (χ2n) is 0.408. The average molecular weight is 174 g/mol. The Balaban J connectivity index is -0.0000000800. The third kappa shape index (κ3) is 50.4. The van der Waals surface area contributed by atoms with Gasteiger partial charge in [-0.1, -0.05) is 0 Å². The Morgan fingerprint density at radius 1 is 1.43 bits per heavy atom. The molecule has 0 saturated heterocycles. The van der Waals surface area contributed by atoms with Crippen LogP contribution in [0.25, 0.3) is 0 Å². The molecule has 7 heavy (non-hydrogen) atoms. The molecule has 0 aliphatic heterocycles. The van der Waals surface area contributed by atoms with E-state index in [4.69, 9.17) is 13.0 Å². The normalized spacial score (nSPS) is 8.29. The Morgan fingerprint density at radius 3 is 1.43 bits per heavy atom. The molecule has 3 nitrogen and oxygen atoms in total. The third-order valence-corrected chi connectivity index (χ3v) is 0. The van der Waals surface area contributed by atoms with Gasteiger partial charge in [-0.15, -0.1) is 0 Å². The SMILES string of the molecule is O=S(=O)([O-])[S-].[K+].[Na+]. The van der Waals surface area contributed by atoms with Crippen molar-refractivity contribution in [2.45, 2.75) is 0 Å². The second kappa shape index (κ2) is 7.01. The molecule has 32 valence electrons. The van der Waals surface area contributed by atoms with Gasteiger partial charge in [-0.25, -0.2) is 0 Å². The minimum atomic E-state index is -4.33. The van der Waals surface area contributed by atoms with Crippen molar-refractivity contribution in [1.29, 1.82) is 0 Å². The van der Waals surface area contributed by atoms with E-state index in [2.05, 4.69) is 11.7 Å². The third-order valence-electron chi connectivity index (χ3n) is 0. The molecule has 0 atom stereocenters. The van der Waals surface area contributed by atoms with Gasteiger partial charge in [0.05, 0.1) is 0 Å². The van der Waals surface area contributed by atoms with E-state index >= 15 is 0 Å². The van der Waals surface area contributed by atoms with Gasteiger partial charge in [-0.3, -0.25) is 8.42 Å². The number of rotatable bonds is 0. The first-order valence-corrected chi connectivity index (χ1v) is 3.00. The van der Waals surface area contributed by atoms with E-state index in [1.165, 1.54) is 0 Å². The fourth-order valence-electron chi connectivity index (χ4n) is 0. The van der Waals surface area contributed by atoms with Crippen LogP contribution < -0.4 is 80.9 Å². The first kappa shape index (κ1) is 16.5. The van der Waals surface area contributed by atoms with E-state index < -0.39 is 9.15 Å². The van der Waals surface area contributed by atoms with Crippen molar-refractivity contribution in [1.82, 2.24) is 0 Å². The van der Waals surface area contributed by atoms with Gasteiger partial charge in [0.15, 0.2) is 0 Å². The van der Waals surface area contributed by atoms with Crippen LogP contribution in [0.3, 0.4) is 0 Å². The molecule has 0 unspecified atom stereocenters. The van der Waals surface area contributed by atoms with Gasteiger partial charge < -0.3 is 16.2 Å². The predicted octanol–water partition coefficient (Wildman–Crippen LogP) is -7.00. The summed E-state index contributed by atoms with van der Waals surface area (Å²) >= 11 is 3.24. The Morgan fingerprint density at radius 2 is 1.43 bits per heavy atom. The number of hydrogen-bond donors (Lipinski definition) is 0. The Labute approximate surface area is 112 Å². The molecule has 0 amide bonds. The maximum Gasteiger partial charge on any atom is 1.00 e. The molecule has 0 aliphatic carbocycles. The molecule has 0 radical (unpaired) electrons. The molecular weight excluding hydrogens is 174 g/mol. The summed E-state index contributed by atoms with van der Waals surface area (Å²) in [6, 6.07) is 0. The molecule has 0 aromatic rings. The van der Waals surface area contributed by atoms with Gasteiger partial charge in [-0.05, 0) is 9.15 Å². The van der Waals surface area contributed by atoms with E-state index in [1.54, 1.807) is 0 Å². The topological polar surface area (TPSA) is 57.2 Å². The van der Waals surface area contributed by atoms with Crippen LogP contribution in [0, 0.1) is 0 Å². The van der Waals surface area contributed by atoms with E-state index in [0.717, 1.165) is 0 Å². The van der Waals surface area contributed by atoms with Crippen molar-refractivity contribution in [3.05, 3.63) is 0 Å². The summed E-state index contributed by atoms with van der Waals surface area (Å²) in [6.07, 6.45) is 0. The summed E-state index contributed by atoms with van der Waals surface area (Å²) in [6.45, 7) is 0. The van der Waals surface area contributed by atoms with Crippen LogP contribution in [0.4, 0.5) is 0 Å². The van der Waals surface area contributed by atoms with Crippen LogP contribution in [-0.4, -0.2) is 13.0 Å². The molecule has 0 aliphatic rings. The van der Waals surface area contributed by atoms with Crippen molar-refractivity contribution >= 4 is 20.8 Å². The van der Waals surface area contributed by atoms with Crippen LogP contribution in [0.15, 0.2) is 0 Å². The van der Waals surface area contributed by atoms with Crippen LogP contribution in [0.5, 0.6) is 0 Å². The minimum Gasteiger partial charge on any atom is -0.768 e. The van der Waals surface area contributed by atoms with E-state index in [-0.39, 0.29) is 80.9 Å². The Hall–Kier alpha value is 2.90. The predicted molar refractivity (Wildman–Crippen MR) is 17.1 cm³/mol. The van der Waals surface area contributed by atoms with Gasteiger partial charge in [0, 0.05) is 0 Å². The Kier molecular flexibility index (Phi) is 16.5. The second-order valence-corrected chi connectivity index (χ2v) is 2.45. The summed E-state index contributed by atoms with van der Waals surface area (Å²) in [5.74, 6) is 0.